The van der Waals surface area contributed by atoms with Crippen LogP contribution in [0.2, 0.25) is 10.0 Å². The number of nitro groups is 1. The van der Waals surface area contributed by atoms with E-state index in [0.29, 0.717) is 10.6 Å². The fourth-order valence-corrected chi connectivity index (χ4v) is 4.80. The third-order valence-corrected chi connectivity index (χ3v) is 6.34. The highest BCUT2D eigenvalue weighted by molar-refractivity contribution is 6.35. The standard InChI is InChI=1S/C23H14Cl2FN3O5/c24-12-4-9-17(18(25)10-12)20-19-21(34-28(20)15-2-1-3-16(11-15)29(32)33)23(31)27(22(19)30)14-7-5-13(26)6-8-14/h1-11,19-21H/t19-,20+,21+/m1/s1. The van der Waals surface area contributed by atoms with Crippen LogP contribution < -0.4 is 9.96 Å². The molecule has 2 saturated heterocycles. The van der Waals surface area contributed by atoms with Crippen LogP contribution in [0.1, 0.15) is 11.6 Å². The van der Waals surface area contributed by atoms with Gasteiger partial charge < -0.3 is 0 Å². The van der Waals surface area contributed by atoms with Crippen LogP contribution in [0.25, 0.3) is 0 Å². The van der Waals surface area contributed by atoms with E-state index in [1.807, 2.05) is 0 Å². The summed E-state index contributed by atoms with van der Waals surface area (Å²) in [4.78, 5) is 44.4. The Balaban J connectivity index is 1.62. The fourth-order valence-electron chi connectivity index (χ4n) is 4.28. The lowest BCUT2D eigenvalue weighted by Crippen LogP contribution is -2.37. The van der Waals surface area contributed by atoms with Crippen LogP contribution in [0.4, 0.5) is 21.5 Å². The van der Waals surface area contributed by atoms with Crippen molar-refractivity contribution in [1.82, 2.24) is 0 Å². The minimum Gasteiger partial charge on any atom is -0.273 e. The molecule has 3 atom stereocenters. The highest BCUT2D eigenvalue weighted by Crippen LogP contribution is 2.49. The second-order valence-electron chi connectivity index (χ2n) is 7.75. The van der Waals surface area contributed by atoms with E-state index in [1.165, 1.54) is 41.5 Å². The molecule has 0 N–H and O–H groups in total. The Bertz CT molecular complexity index is 1340. The van der Waals surface area contributed by atoms with Crippen LogP contribution in [0.3, 0.4) is 0 Å². The zero-order valence-electron chi connectivity index (χ0n) is 17.1. The van der Waals surface area contributed by atoms with E-state index >= 15 is 0 Å². The number of hydrogen-bond acceptors (Lipinski definition) is 6. The highest BCUT2D eigenvalue weighted by Gasteiger charge is 2.60. The van der Waals surface area contributed by atoms with Crippen molar-refractivity contribution >= 4 is 52.1 Å². The second kappa shape index (κ2) is 8.35. The number of halogens is 3. The van der Waals surface area contributed by atoms with Crippen molar-refractivity contribution in [2.45, 2.75) is 12.1 Å². The molecule has 34 heavy (non-hydrogen) atoms. The summed E-state index contributed by atoms with van der Waals surface area (Å²) in [7, 11) is 0. The molecule has 2 fully saturated rings. The Morgan fingerprint density at radius 3 is 2.35 bits per heavy atom. The smallest absolute Gasteiger partial charge is 0.271 e. The minimum atomic E-state index is -1.21. The number of carbonyl (C=O) groups is 2. The number of carbonyl (C=O) groups excluding carboxylic acids is 2. The molecule has 8 nitrogen and oxygen atoms in total. The van der Waals surface area contributed by atoms with E-state index in [2.05, 4.69) is 0 Å². The van der Waals surface area contributed by atoms with Gasteiger partial charge in [-0.2, -0.15) is 0 Å². The van der Waals surface area contributed by atoms with Crippen molar-refractivity contribution in [3.05, 3.63) is 98.3 Å². The number of amides is 2. The molecule has 0 bridgehead atoms. The number of non-ortho nitro benzene ring substituents is 1. The monoisotopic (exact) mass is 501 g/mol. The molecular formula is C23H14Cl2FN3O5. The van der Waals surface area contributed by atoms with Crippen molar-refractivity contribution in [3.63, 3.8) is 0 Å². The summed E-state index contributed by atoms with van der Waals surface area (Å²) in [5, 5.41) is 13.2. The average Bonchev–Trinajstić information content (AvgIpc) is 3.31. The Labute approximate surface area is 202 Å². The van der Waals surface area contributed by atoms with Gasteiger partial charge in [0.2, 0.25) is 5.91 Å². The fraction of sp³-hybridized carbons (Fsp3) is 0.130. The molecule has 3 aromatic carbocycles. The number of nitrogens with zero attached hydrogens (tertiary/aromatic N) is 3. The number of rotatable bonds is 4. The van der Waals surface area contributed by atoms with Crippen LogP contribution in [-0.2, 0) is 14.4 Å². The normalized spacial score (nSPS) is 21.8. The number of hydroxylamine groups is 1. The quantitative estimate of drug-likeness (QED) is 0.280. The van der Waals surface area contributed by atoms with Crippen molar-refractivity contribution in [2.75, 3.05) is 9.96 Å². The van der Waals surface area contributed by atoms with Gasteiger partial charge in [0.1, 0.15) is 11.7 Å². The van der Waals surface area contributed by atoms with Gasteiger partial charge in [0.15, 0.2) is 6.10 Å². The van der Waals surface area contributed by atoms with E-state index in [0.717, 1.165) is 17.0 Å². The molecule has 0 aliphatic carbocycles. The molecule has 0 aromatic heterocycles. The third-order valence-electron chi connectivity index (χ3n) is 5.78. The van der Waals surface area contributed by atoms with Gasteiger partial charge in [0, 0.05) is 22.2 Å². The van der Waals surface area contributed by atoms with E-state index in [4.69, 9.17) is 28.0 Å². The molecule has 0 spiro atoms. The summed E-state index contributed by atoms with van der Waals surface area (Å²) in [6.45, 7) is 0. The van der Waals surface area contributed by atoms with Gasteiger partial charge in [0.05, 0.1) is 22.3 Å². The maximum atomic E-state index is 13.5. The summed E-state index contributed by atoms with van der Waals surface area (Å²) < 4.78 is 13.4. The van der Waals surface area contributed by atoms with Gasteiger partial charge in [0.25, 0.3) is 11.6 Å². The van der Waals surface area contributed by atoms with Gasteiger partial charge in [-0.1, -0.05) is 35.3 Å². The average molecular weight is 502 g/mol. The predicted octanol–water partition coefficient (Wildman–Crippen LogP) is 5.09. The number of benzene rings is 3. The predicted molar refractivity (Wildman–Crippen MR) is 122 cm³/mol. The molecule has 172 valence electrons. The first-order valence-electron chi connectivity index (χ1n) is 10.0. The van der Waals surface area contributed by atoms with E-state index in [1.54, 1.807) is 18.2 Å². The lowest BCUT2D eigenvalue weighted by molar-refractivity contribution is -0.384. The van der Waals surface area contributed by atoms with Crippen LogP contribution in [0, 0.1) is 21.8 Å². The maximum absolute atomic E-state index is 13.5. The number of imide groups is 1. The first-order valence-corrected chi connectivity index (χ1v) is 10.8. The van der Waals surface area contributed by atoms with Crippen molar-refractivity contribution < 1.29 is 23.7 Å². The second-order valence-corrected chi connectivity index (χ2v) is 8.60. The third kappa shape index (κ3) is 3.58. The van der Waals surface area contributed by atoms with Gasteiger partial charge >= 0.3 is 0 Å². The van der Waals surface area contributed by atoms with Gasteiger partial charge in [-0.05, 0) is 48.0 Å². The summed E-state index contributed by atoms with van der Waals surface area (Å²) in [5.41, 5.74) is 0.739. The largest absolute Gasteiger partial charge is 0.273 e. The summed E-state index contributed by atoms with van der Waals surface area (Å²) in [6, 6.07) is 14.4. The maximum Gasteiger partial charge on any atom is 0.271 e. The van der Waals surface area contributed by atoms with Crippen LogP contribution in [0.5, 0.6) is 0 Å². The number of hydrogen-bond donors (Lipinski definition) is 0. The Hall–Kier alpha value is -3.53. The molecule has 5 rings (SSSR count). The zero-order chi connectivity index (χ0) is 24.1. The minimum absolute atomic E-state index is 0.190. The number of anilines is 2. The zero-order valence-corrected chi connectivity index (χ0v) is 18.6. The van der Waals surface area contributed by atoms with Gasteiger partial charge in [-0.25, -0.2) is 14.4 Å². The molecule has 0 saturated carbocycles. The molecule has 11 heteroatoms. The summed E-state index contributed by atoms with van der Waals surface area (Å²) >= 11 is 12.5. The topological polar surface area (TPSA) is 93.0 Å². The lowest BCUT2D eigenvalue weighted by Gasteiger charge is -2.29. The van der Waals surface area contributed by atoms with Crippen LogP contribution in [0.15, 0.2) is 66.7 Å². The molecule has 3 aromatic rings. The molecule has 2 amide bonds. The molecule has 0 unspecified atom stereocenters. The van der Waals surface area contributed by atoms with E-state index in [-0.39, 0.29) is 22.1 Å². The highest BCUT2D eigenvalue weighted by atomic mass is 35.5. The Morgan fingerprint density at radius 2 is 1.68 bits per heavy atom. The first-order chi connectivity index (χ1) is 16.3. The number of fused-ring (bicyclic) bond motifs is 1. The Kier molecular flexibility index (Phi) is 5.47. The number of nitro benzene ring substituents is 1. The van der Waals surface area contributed by atoms with Crippen molar-refractivity contribution in [3.8, 4) is 0 Å². The molecule has 0 radical (unpaired) electrons. The SMILES string of the molecule is O=C1[C@H]2[C@H](ON(c3cccc([N+](=O)[O-])c3)[C@H]2c2ccc(Cl)cc2Cl)C(=O)N1c1ccc(F)cc1. The summed E-state index contributed by atoms with van der Waals surface area (Å²) in [6.07, 6.45) is -1.21. The van der Waals surface area contributed by atoms with Crippen LogP contribution >= 0.6 is 23.2 Å². The van der Waals surface area contributed by atoms with Crippen LogP contribution in [-0.4, -0.2) is 22.8 Å². The first kappa shape index (κ1) is 22.3. The molecule has 2 heterocycles. The lowest BCUT2D eigenvalue weighted by atomic mass is 9.90. The van der Waals surface area contributed by atoms with Crippen molar-refractivity contribution in [2.24, 2.45) is 5.92 Å². The van der Waals surface area contributed by atoms with Crippen molar-refractivity contribution in [1.29, 1.82) is 0 Å². The summed E-state index contributed by atoms with van der Waals surface area (Å²) in [5.74, 6) is -2.73. The van der Waals surface area contributed by atoms with E-state index in [9.17, 15) is 24.1 Å². The Morgan fingerprint density at radius 1 is 0.941 bits per heavy atom. The molecule has 2 aliphatic heterocycles. The van der Waals surface area contributed by atoms with Gasteiger partial charge in [-0.15, -0.1) is 0 Å². The van der Waals surface area contributed by atoms with E-state index < -0.39 is 40.6 Å². The molecular weight excluding hydrogens is 488 g/mol. The molecule has 2 aliphatic rings. The van der Waals surface area contributed by atoms with Gasteiger partial charge in [-0.3, -0.25) is 24.5 Å².